The standard InChI is InChI=1S/C41H29N2OP/c1-2-39-42-36-23-22-35(41-40(36)43(39)37-14-8-9-15-38(37)45(41,44)34-12-4-3-5-13-34)33-21-20-31-25-30(18-19-32(31)26-33)29-17-16-27-10-6-7-11-28(27)24-29/h3-26H,2H2,1H3. The Morgan fingerprint density at radius 2 is 1.20 bits per heavy atom. The number of aromatic nitrogens is 2. The first-order chi connectivity index (χ1) is 22.1. The van der Waals surface area contributed by atoms with Crippen LogP contribution in [0.3, 0.4) is 0 Å². The largest absolute Gasteiger partial charge is 0.308 e. The minimum Gasteiger partial charge on any atom is -0.308 e. The monoisotopic (exact) mass is 596 g/mol. The second kappa shape index (κ2) is 9.89. The molecular formula is C41H29N2OP. The maximum atomic E-state index is 15.9. The molecule has 45 heavy (non-hydrogen) atoms. The van der Waals surface area contributed by atoms with Gasteiger partial charge in [-0.15, -0.1) is 0 Å². The van der Waals surface area contributed by atoms with Crippen LogP contribution < -0.4 is 15.9 Å². The molecule has 0 saturated carbocycles. The lowest BCUT2D eigenvalue weighted by Crippen LogP contribution is -2.34. The molecule has 1 aromatic heterocycles. The summed E-state index contributed by atoms with van der Waals surface area (Å²) in [5, 5.41) is 7.40. The van der Waals surface area contributed by atoms with Gasteiger partial charge in [-0.25, -0.2) is 4.98 Å². The summed E-state index contributed by atoms with van der Waals surface area (Å²) >= 11 is 0. The molecule has 0 fully saturated rings. The van der Waals surface area contributed by atoms with E-state index in [1.165, 1.54) is 27.3 Å². The van der Waals surface area contributed by atoms with Gasteiger partial charge in [0.15, 0.2) is 7.14 Å². The predicted molar refractivity (Wildman–Crippen MR) is 189 cm³/mol. The van der Waals surface area contributed by atoms with Crippen LogP contribution in [0.1, 0.15) is 12.7 Å². The number of imidazole rings is 1. The minimum absolute atomic E-state index is 0.781. The summed E-state index contributed by atoms with van der Waals surface area (Å²) in [6.07, 6.45) is 0.781. The van der Waals surface area contributed by atoms with Crippen molar-refractivity contribution >= 4 is 55.6 Å². The smallest absolute Gasteiger partial charge is 0.175 e. The maximum Gasteiger partial charge on any atom is 0.175 e. The van der Waals surface area contributed by atoms with E-state index in [0.717, 1.165) is 61.4 Å². The fourth-order valence-corrected chi connectivity index (χ4v) is 10.4. The molecular weight excluding hydrogens is 567 g/mol. The molecule has 3 nitrogen and oxygen atoms in total. The Labute approximate surface area is 261 Å². The summed E-state index contributed by atoms with van der Waals surface area (Å²) in [6, 6.07) is 50.8. The van der Waals surface area contributed by atoms with Crippen LogP contribution in [-0.4, -0.2) is 9.55 Å². The lowest BCUT2D eigenvalue weighted by atomic mass is 9.96. The van der Waals surface area contributed by atoms with Crippen LogP contribution in [0.5, 0.6) is 0 Å². The van der Waals surface area contributed by atoms with Crippen molar-refractivity contribution in [1.29, 1.82) is 0 Å². The summed E-state index contributed by atoms with van der Waals surface area (Å²) in [6.45, 7) is 2.13. The third-order valence-corrected chi connectivity index (χ3v) is 12.5. The summed E-state index contributed by atoms with van der Waals surface area (Å²) in [5.41, 5.74) is 7.26. The van der Waals surface area contributed by atoms with Gasteiger partial charge in [0.25, 0.3) is 0 Å². The Morgan fingerprint density at radius 1 is 0.600 bits per heavy atom. The number of nitrogens with zero attached hydrogens (tertiary/aromatic N) is 2. The van der Waals surface area contributed by atoms with Crippen molar-refractivity contribution in [1.82, 2.24) is 9.55 Å². The molecule has 2 heterocycles. The molecule has 0 amide bonds. The Balaban J connectivity index is 1.27. The molecule has 0 aliphatic carbocycles. The lowest BCUT2D eigenvalue weighted by Gasteiger charge is -2.31. The van der Waals surface area contributed by atoms with Gasteiger partial charge < -0.3 is 4.57 Å². The molecule has 1 aliphatic heterocycles. The van der Waals surface area contributed by atoms with Crippen LogP contribution in [0, 0.1) is 0 Å². The van der Waals surface area contributed by atoms with Gasteiger partial charge in [0.05, 0.1) is 22.0 Å². The van der Waals surface area contributed by atoms with Crippen LogP contribution >= 0.6 is 7.14 Å². The van der Waals surface area contributed by atoms with Crippen molar-refractivity contribution in [2.24, 2.45) is 0 Å². The quantitative estimate of drug-likeness (QED) is 0.190. The van der Waals surface area contributed by atoms with E-state index in [2.05, 4.69) is 109 Å². The number of hydrogen-bond donors (Lipinski definition) is 0. The lowest BCUT2D eigenvalue weighted by molar-refractivity contribution is 0.592. The number of para-hydroxylation sites is 1. The van der Waals surface area contributed by atoms with Gasteiger partial charge >= 0.3 is 0 Å². The van der Waals surface area contributed by atoms with Crippen molar-refractivity contribution in [3.8, 4) is 27.9 Å². The van der Waals surface area contributed by atoms with E-state index in [1.807, 2.05) is 48.5 Å². The first-order valence-electron chi connectivity index (χ1n) is 15.5. The summed E-state index contributed by atoms with van der Waals surface area (Å²) in [4.78, 5) is 5.04. The number of fused-ring (bicyclic) bond motifs is 4. The Hall–Kier alpha value is -5.24. The summed E-state index contributed by atoms with van der Waals surface area (Å²) < 4.78 is 18.1. The van der Waals surface area contributed by atoms with E-state index in [1.54, 1.807) is 0 Å². The van der Waals surface area contributed by atoms with Crippen LogP contribution in [0.2, 0.25) is 0 Å². The number of benzene rings is 7. The van der Waals surface area contributed by atoms with Gasteiger partial charge in [0.2, 0.25) is 0 Å². The van der Waals surface area contributed by atoms with Crippen LogP contribution in [0.25, 0.3) is 60.5 Å². The zero-order valence-electron chi connectivity index (χ0n) is 24.8. The van der Waals surface area contributed by atoms with E-state index < -0.39 is 7.14 Å². The minimum atomic E-state index is -3.25. The molecule has 0 bridgehead atoms. The zero-order valence-corrected chi connectivity index (χ0v) is 25.7. The molecule has 1 atom stereocenters. The Morgan fingerprint density at radius 3 is 1.96 bits per heavy atom. The van der Waals surface area contributed by atoms with Gasteiger partial charge in [0.1, 0.15) is 5.82 Å². The normalized spacial score (nSPS) is 15.5. The molecule has 0 radical (unpaired) electrons. The molecule has 7 aromatic carbocycles. The average Bonchev–Trinajstić information content (AvgIpc) is 3.49. The van der Waals surface area contributed by atoms with Crippen LogP contribution in [-0.2, 0) is 11.0 Å². The third-order valence-electron chi connectivity index (χ3n) is 9.31. The number of hydrogen-bond acceptors (Lipinski definition) is 2. The molecule has 1 unspecified atom stereocenters. The molecule has 214 valence electrons. The fraction of sp³-hybridized carbons (Fsp3) is 0.0488. The van der Waals surface area contributed by atoms with Crippen molar-refractivity contribution in [2.75, 3.05) is 0 Å². The van der Waals surface area contributed by atoms with E-state index >= 15 is 4.57 Å². The first-order valence-corrected chi connectivity index (χ1v) is 17.2. The highest BCUT2D eigenvalue weighted by molar-refractivity contribution is 7.86. The zero-order chi connectivity index (χ0) is 30.1. The number of aryl methyl sites for hydroxylation is 1. The second-order valence-electron chi connectivity index (χ2n) is 11.8. The van der Waals surface area contributed by atoms with Crippen molar-refractivity contribution in [2.45, 2.75) is 13.3 Å². The molecule has 0 saturated heterocycles. The Bertz CT molecular complexity index is 2510. The predicted octanol–water partition coefficient (Wildman–Crippen LogP) is 9.18. The van der Waals surface area contributed by atoms with Crippen molar-refractivity contribution in [3.63, 3.8) is 0 Å². The van der Waals surface area contributed by atoms with Crippen LogP contribution in [0.4, 0.5) is 0 Å². The van der Waals surface area contributed by atoms with Crippen molar-refractivity contribution in [3.05, 3.63) is 151 Å². The fourth-order valence-electron chi connectivity index (χ4n) is 7.15. The van der Waals surface area contributed by atoms with E-state index in [0.29, 0.717) is 0 Å². The van der Waals surface area contributed by atoms with Gasteiger partial charge in [-0.3, -0.25) is 4.57 Å². The molecule has 8 aromatic rings. The highest BCUT2D eigenvalue weighted by Crippen LogP contribution is 2.52. The van der Waals surface area contributed by atoms with Crippen LogP contribution in [0.15, 0.2) is 146 Å². The molecule has 9 rings (SSSR count). The molecule has 0 N–H and O–H groups in total. The molecule has 1 aliphatic rings. The summed E-state index contributed by atoms with van der Waals surface area (Å²) in [5.74, 6) is 0.981. The van der Waals surface area contributed by atoms with Gasteiger partial charge in [0, 0.05) is 17.0 Å². The second-order valence-corrected chi connectivity index (χ2v) is 14.5. The molecule has 0 spiro atoms. The first kappa shape index (κ1) is 26.2. The summed E-state index contributed by atoms with van der Waals surface area (Å²) in [7, 11) is -3.25. The van der Waals surface area contributed by atoms with Crippen molar-refractivity contribution < 1.29 is 4.57 Å². The SMILES string of the molecule is CCc1nc2ccc(-c3ccc4cc(-c5ccc6ccccc6c5)ccc4c3)c3c2n1-c1ccccc1P3(=O)c1ccccc1. The maximum absolute atomic E-state index is 15.9. The van der Waals surface area contributed by atoms with E-state index in [-0.39, 0.29) is 0 Å². The van der Waals surface area contributed by atoms with E-state index in [4.69, 9.17) is 4.98 Å². The third kappa shape index (κ3) is 3.84. The number of rotatable bonds is 4. The highest BCUT2D eigenvalue weighted by atomic mass is 31.2. The average molecular weight is 597 g/mol. The Kier molecular flexibility index (Phi) is 5.75. The molecule has 4 heteroatoms. The van der Waals surface area contributed by atoms with Gasteiger partial charge in [-0.1, -0.05) is 116 Å². The highest BCUT2D eigenvalue weighted by Gasteiger charge is 2.41. The van der Waals surface area contributed by atoms with Gasteiger partial charge in [-0.2, -0.15) is 0 Å². The van der Waals surface area contributed by atoms with Gasteiger partial charge in [-0.05, 0) is 80.2 Å². The van der Waals surface area contributed by atoms with E-state index in [9.17, 15) is 0 Å². The topological polar surface area (TPSA) is 34.9 Å².